The highest BCUT2D eigenvalue weighted by atomic mass is 32.2. The summed E-state index contributed by atoms with van der Waals surface area (Å²) in [5.41, 5.74) is 0. The van der Waals surface area contributed by atoms with Crippen molar-refractivity contribution in [3.05, 3.63) is 0 Å². The zero-order chi connectivity index (χ0) is 15.4. The van der Waals surface area contributed by atoms with Gasteiger partial charge in [-0.1, -0.05) is 40.5 Å². The zero-order valence-corrected chi connectivity index (χ0v) is 14.9. The predicted octanol–water partition coefficient (Wildman–Crippen LogP) is 3.63. The molecule has 1 amide bonds. The fraction of sp³-hybridized carbons (Fsp3) is 0.941. The maximum atomic E-state index is 12.9. The van der Waals surface area contributed by atoms with Gasteiger partial charge in [0.1, 0.15) is 0 Å². The van der Waals surface area contributed by atoms with Gasteiger partial charge in [0.25, 0.3) is 0 Å². The number of nitrogens with one attached hydrogen (secondary N) is 1. The van der Waals surface area contributed by atoms with Crippen LogP contribution in [0.4, 0.5) is 0 Å². The molecule has 1 saturated carbocycles. The molecule has 2 aliphatic rings. The largest absolute Gasteiger partial charge is 0.323 e. The first-order valence-corrected chi connectivity index (χ1v) is 9.86. The van der Waals surface area contributed by atoms with E-state index in [0.717, 1.165) is 24.5 Å². The average molecular weight is 313 g/mol. The third kappa shape index (κ3) is 3.76. The van der Waals surface area contributed by atoms with Gasteiger partial charge < -0.3 is 4.90 Å². The van der Waals surface area contributed by atoms with E-state index in [4.69, 9.17) is 0 Å². The Kier molecular flexibility index (Phi) is 6.42. The van der Waals surface area contributed by atoms with Gasteiger partial charge >= 0.3 is 0 Å². The summed E-state index contributed by atoms with van der Waals surface area (Å²) in [6.07, 6.45) is 7.22. The Labute approximate surface area is 134 Å². The molecule has 3 nitrogen and oxygen atoms in total. The topological polar surface area (TPSA) is 32.3 Å². The van der Waals surface area contributed by atoms with Crippen molar-refractivity contribution in [2.45, 2.75) is 89.7 Å². The van der Waals surface area contributed by atoms with Gasteiger partial charge in [-0.25, -0.2) is 0 Å². The molecule has 0 bridgehead atoms. The molecule has 0 aromatic carbocycles. The third-order valence-corrected chi connectivity index (χ3v) is 6.39. The molecule has 1 aliphatic heterocycles. The van der Waals surface area contributed by atoms with Crippen LogP contribution >= 0.6 is 11.8 Å². The second kappa shape index (κ2) is 7.87. The van der Waals surface area contributed by atoms with Gasteiger partial charge in [0.05, 0.1) is 12.2 Å². The van der Waals surface area contributed by atoms with Gasteiger partial charge in [-0.3, -0.25) is 10.1 Å². The summed E-state index contributed by atoms with van der Waals surface area (Å²) < 4.78 is 0. The molecular formula is C17H32N2OS. The number of amides is 1. The van der Waals surface area contributed by atoms with Gasteiger partial charge in [-0.15, -0.1) is 0 Å². The Balaban J connectivity index is 2.06. The lowest BCUT2D eigenvalue weighted by Crippen LogP contribution is -2.43. The maximum absolute atomic E-state index is 12.9. The van der Waals surface area contributed by atoms with E-state index in [1.54, 1.807) is 0 Å². The number of hydrogen-bond donors (Lipinski definition) is 1. The first kappa shape index (κ1) is 17.1. The van der Waals surface area contributed by atoms with Crippen LogP contribution in [0.1, 0.15) is 66.2 Å². The van der Waals surface area contributed by atoms with E-state index in [2.05, 4.69) is 49.7 Å². The molecule has 0 aromatic heterocycles. The summed E-state index contributed by atoms with van der Waals surface area (Å²) in [6, 6.07) is 0.518. The highest BCUT2D eigenvalue weighted by Crippen LogP contribution is 2.36. The number of rotatable bonds is 7. The molecule has 5 unspecified atom stereocenters. The molecule has 0 spiro atoms. The zero-order valence-electron chi connectivity index (χ0n) is 14.1. The highest BCUT2D eigenvalue weighted by molar-refractivity contribution is 7.99. The van der Waals surface area contributed by atoms with Crippen LogP contribution in [0.2, 0.25) is 0 Å². The third-order valence-electron chi connectivity index (χ3n) is 5.16. The van der Waals surface area contributed by atoms with Crippen LogP contribution in [-0.4, -0.2) is 40.1 Å². The maximum Gasteiger partial charge on any atom is 0.241 e. The van der Waals surface area contributed by atoms with Gasteiger partial charge in [0.2, 0.25) is 5.91 Å². The van der Waals surface area contributed by atoms with Crippen molar-refractivity contribution in [2.75, 3.05) is 5.75 Å². The first-order chi connectivity index (χ1) is 10.1. The van der Waals surface area contributed by atoms with Crippen molar-refractivity contribution >= 4 is 17.7 Å². The van der Waals surface area contributed by atoms with Crippen LogP contribution in [0.25, 0.3) is 0 Å². The molecule has 1 N–H and O–H groups in total. The number of hydrogen-bond acceptors (Lipinski definition) is 3. The van der Waals surface area contributed by atoms with Crippen molar-refractivity contribution in [2.24, 2.45) is 5.92 Å². The lowest BCUT2D eigenvalue weighted by molar-refractivity contribution is -0.133. The van der Waals surface area contributed by atoms with Crippen molar-refractivity contribution in [3.63, 3.8) is 0 Å². The Morgan fingerprint density at radius 3 is 2.71 bits per heavy atom. The highest BCUT2D eigenvalue weighted by Gasteiger charge is 2.45. The lowest BCUT2D eigenvalue weighted by Gasteiger charge is -2.30. The van der Waals surface area contributed by atoms with E-state index in [-0.39, 0.29) is 12.2 Å². The van der Waals surface area contributed by atoms with Crippen molar-refractivity contribution in [1.82, 2.24) is 10.2 Å². The van der Waals surface area contributed by atoms with Crippen molar-refractivity contribution in [3.8, 4) is 0 Å². The van der Waals surface area contributed by atoms with E-state index in [0.29, 0.717) is 17.9 Å². The minimum Gasteiger partial charge on any atom is -0.323 e. The molecule has 2 rings (SSSR count). The fourth-order valence-corrected chi connectivity index (χ4v) is 4.94. The fourth-order valence-electron chi connectivity index (χ4n) is 3.80. The summed E-state index contributed by atoms with van der Waals surface area (Å²) in [6.45, 7) is 8.83. The molecule has 122 valence electrons. The minimum atomic E-state index is 0.0458. The predicted molar refractivity (Wildman–Crippen MR) is 91.5 cm³/mol. The van der Waals surface area contributed by atoms with E-state index in [1.165, 1.54) is 25.0 Å². The number of carbonyl (C=O) groups is 1. The van der Waals surface area contributed by atoms with Crippen molar-refractivity contribution in [1.29, 1.82) is 0 Å². The Hall–Kier alpha value is -0.220. The molecule has 5 atom stereocenters. The van der Waals surface area contributed by atoms with Gasteiger partial charge in [-0.05, 0) is 37.4 Å². The summed E-state index contributed by atoms with van der Waals surface area (Å²) in [5, 5.41) is 4.40. The SMILES string of the molecule is CCCC1NC(C(C)CC)C(=O)N1C1CCC(SCC)C1. The molecule has 4 heteroatoms. The van der Waals surface area contributed by atoms with E-state index < -0.39 is 0 Å². The molecule has 1 saturated heterocycles. The summed E-state index contributed by atoms with van der Waals surface area (Å²) >= 11 is 2.07. The van der Waals surface area contributed by atoms with Crippen LogP contribution in [0.15, 0.2) is 0 Å². The van der Waals surface area contributed by atoms with E-state index >= 15 is 0 Å². The van der Waals surface area contributed by atoms with Crippen LogP contribution in [0.5, 0.6) is 0 Å². The second-order valence-electron chi connectivity index (χ2n) is 6.62. The van der Waals surface area contributed by atoms with Crippen LogP contribution < -0.4 is 5.32 Å². The Bertz CT molecular complexity index is 350. The molecular weight excluding hydrogens is 280 g/mol. The summed E-state index contributed by atoms with van der Waals surface area (Å²) in [7, 11) is 0. The van der Waals surface area contributed by atoms with Crippen LogP contribution in [-0.2, 0) is 4.79 Å². The van der Waals surface area contributed by atoms with Gasteiger partial charge in [0, 0.05) is 11.3 Å². The Morgan fingerprint density at radius 2 is 2.10 bits per heavy atom. The Morgan fingerprint density at radius 1 is 1.33 bits per heavy atom. The van der Waals surface area contributed by atoms with Gasteiger partial charge in [-0.2, -0.15) is 11.8 Å². The number of carbonyl (C=O) groups excluding carboxylic acids is 1. The van der Waals surface area contributed by atoms with Crippen LogP contribution in [0, 0.1) is 5.92 Å². The summed E-state index contributed by atoms with van der Waals surface area (Å²) in [4.78, 5) is 15.1. The van der Waals surface area contributed by atoms with Crippen molar-refractivity contribution < 1.29 is 4.79 Å². The molecule has 1 heterocycles. The normalized spacial score (nSPS) is 34.7. The molecule has 2 fully saturated rings. The quantitative estimate of drug-likeness (QED) is 0.779. The molecule has 0 aromatic rings. The van der Waals surface area contributed by atoms with E-state index in [9.17, 15) is 4.79 Å². The van der Waals surface area contributed by atoms with Crippen LogP contribution in [0.3, 0.4) is 0 Å². The van der Waals surface area contributed by atoms with E-state index in [1.807, 2.05) is 0 Å². The lowest BCUT2D eigenvalue weighted by atomic mass is 9.99. The monoisotopic (exact) mass is 312 g/mol. The average Bonchev–Trinajstić information content (AvgIpc) is 3.04. The standard InChI is InChI=1S/C17H32N2OS/c1-5-8-15-18-16(12(4)6-2)17(20)19(15)13-9-10-14(11-13)21-7-3/h12-16,18H,5-11H2,1-4H3. The smallest absolute Gasteiger partial charge is 0.241 e. The first-order valence-electron chi connectivity index (χ1n) is 8.82. The molecule has 21 heavy (non-hydrogen) atoms. The molecule has 0 radical (unpaired) electrons. The minimum absolute atomic E-state index is 0.0458. The second-order valence-corrected chi connectivity index (χ2v) is 8.20. The van der Waals surface area contributed by atoms with Gasteiger partial charge in [0.15, 0.2) is 0 Å². The summed E-state index contributed by atoms with van der Waals surface area (Å²) in [5.74, 6) is 2.00. The molecule has 1 aliphatic carbocycles. The number of thioether (sulfide) groups is 1. The number of nitrogens with zero attached hydrogens (tertiary/aromatic N) is 1.